The van der Waals surface area contributed by atoms with Crippen LogP contribution < -0.4 is 0 Å². The molecule has 4 nitrogen and oxygen atoms in total. The number of carbonyl (C=O) groups is 2. The summed E-state index contributed by atoms with van der Waals surface area (Å²) in [6.07, 6.45) is 1.84. The first-order valence-electron chi connectivity index (χ1n) is 4.97. The lowest BCUT2D eigenvalue weighted by molar-refractivity contribution is -0.140. The highest BCUT2D eigenvalue weighted by atomic mass is 79.9. The second kappa shape index (κ2) is 5.84. The highest BCUT2D eigenvalue weighted by Crippen LogP contribution is 2.20. The summed E-state index contributed by atoms with van der Waals surface area (Å²) in [7, 11) is 1.37. The normalized spacial score (nSPS) is 10.2. The van der Waals surface area contributed by atoms with Gasteiger partial charge in [0, 0.05) is 23.1 Å². The maximum Gasteiger partial charge on any atom is 0.305 e. The third-order valence-corrected chi connectivity index (χ3v) is 3.25. The average Bonchev–Trinajstić information content (AvgIpc) is 2.56. The third kappa shape index (κ3) is 2.95. The Hall–Kier alpha value is -1.10. The minimum Gasteiger partial charge on any atom is -0.469 e. The van der Waals surface area contributed by atoms with Crippen LogP contribution in [0, 0.1) is 6.92 Å². The highest BCUT2D eigenvalue weighted by molar-refractivity contribution is 9.10. The Kier molecular flexibility index (Phi) is 4.73. The van der Waals surface area contributed by atoms with Crippen molar-refractivity contribution in [2.24, 2.45) is 0 Å². The van der Waals surface area contributed by atoms with Gasteiger partial charge in [-0.25, -0.2) is 0 Å². The molecular weight excluding hydrogens is 274 g/mol. The van der Waals surface area contributed by atoms with E-state index in [9.17, 15) is 9.59 Å². The molecule has 0 aliphatic carbocycles. The molecule has 1 aromatic heterocycles. The molecule has 0 amide bonds. The van der Waals surface area contributed by atoms with Crippen LogP contribution in [0.1, 0.15) is 29.0 Å². The fourth-order valence-electron chi connectivity index (χ4n) is 1.51. The molecule has 0 radical (unpaired) electrons. The van der Waals surface area contributed by atoms with Gasteiger partial charge in [-0.1, -0.05) is 0 Å². The average molecular weight is 288 g/mol. The summed E-state index contributed by atoms with van der Waals surface area (Å²) in [5, 5.41) is 0. The Morgan fingerprint density at radius 3 is 2.88 bits per heavy atom. The van der Waals surface area contributed by atoms with Crippen LogP contribution in [0.3, 0.4) is 0 Å². The molecule has 16 heavy (non-hydrogen) atoms. The number of methoxy groups -OCH3 is 1. The summed E-state index contributed by atoms with van der Waals surface area (Å²) in [6.45, 7) is 2.57. The van der Waals surface area contributed by atoms with Gasteiger partial charge in [-0.05, 0) is 35.3 Å². The Labute approximate surface area is 103 Å². The van der Waals surface area contributed by atoms with E-state index in [1.807, 2.05) is 11.5 Å². The summed E-state index contributed by atoms with van der Waals surface area (Å²) < 4.78 is 7.35. The quantitative estimate of drug-likeness (QED) is 0.617. The molecule has 1 aromatic rings. The molecule has 0 aromatic carbocycles. The van der Waals surface area contributed by atoms with Crippen molar-refractivity contribution in [3.63, 3.8) is 0 Å². The number of carbonyl (C=O) groups excluding carboxylic acids is 2. The molecular formula is C11H14BrNO3. The van der Waals surface area contributed by atoms with Crippen molar-refractivity contribution in [1.29, 1.82) is 0 Å². The van der Waals surface area contributed by atoms with Crippen molar-refractivity contribution in [3.05, 3.63) is 21.9 Å². The van der Waals surface area contributed by atoms with Crippen LogP contribution >= 0.6 is 15.9 Å². The number of halogens is 1. The molecule has 0 unspecified atom stereocenters. The lowest BCUT2D eigenvalue weighted by Gasteiger charge is -2.07. The minimum atomic E-state index is -0.225. The Bertz CT molecular complexity index is 398. The van der Waals surface area contributed by atoms with E-state index < -0.39 is 0 Å². The zero-order valence-electron chi connectivity index (χ0n) is 9.33. The molecule has 0 saturated heterocycles. The number of ether oxygens (including phenoxy) is 1. The lowest BCUT2D eigenvalue weighted by atomic mass is 10.3. The molecule has 0 spiro atoms. The van der Waals surface area contributed by atoms with Crippen LogP contribution in [-0.2, 0) is 16.1 Å². The van der Waals surface area contributed by atoms with Gasteiger partial charge < -0.3 is 9.30 Å². The molecule has 5 heteroatoms. The molecule has 0 aliphatic rings. The first-order valence-corrected chi connectivity index (χ1v) is 5.77. The maximum atomic E-state index is 10.9. The first-order chi connectivity index (χ1) is 7.60. The summed E-state index contributed by atoms with van der Waals surface area (Å²) >= 11 is 3.37. The second-order valence-corrected chi connectivity index (χ2v) is 4.31. The van der Waals surface area contributed by atoms with Gasteiger partial charge in [0.05, 0.1) is 12.8 Å². The largest absolute Gasteiger partial charge is 0.469 e. The fraction of sp³-hybridized carbons (Fsp3) is 0.455. The van der Waals surface area contributed by atoms with E-state index in [1.54, 1.807) is 6.07 Å². The van der Waals surface area contributed by atoms with E-state index in [0.29, 0.717) is 25.1 Å². The summed E-state index contributed by atoms with van der Waals surface area (Å²) in [6, 6.07) is 1.78. The van der Waals surface area contributed by atoms with Gasteiger partial charge >= 0.3 is 5.97 Å². The zero-order valence-corrected chi connectivity index (χ0v) is 10.9. The first kappa shape index (κ1) is 13.0. The summed E-state index contributed by atoms with van der Waals surface area (Å²) in [5.41, 5.74) is 1.61. The summed E-state index contributed by atoms with van der Waals surface area (Å²) in [5.74, 6) is -0.225. The SMILES string of the molecule is COC(=O)CCCn1c(C=O)cc(Br)c1C. The van der Waals surface area contributed by atoms with Crippen molar-refractivity contribution < 1.29 is 14.3 Å². The third-order valence-electron chi connectivity index (χ3n) is 2.45. The molecule has 88 valence electrons. The van der Waals surface area contributed by atoms with E-state index in [2.05, 4.69) is 20.7 Å². The van der Waals surface area contributed by atoms with Crippen molar-refractivity contribution in [1.82, 2.24) is 4.57 Å². The topological polar surface area (TPSA) is 48.3 Å². The smallest absolute Gasteiger partial charge is 0.305 e. The van der Waals surface area contributed by atoms with E-state index in [0.717, 1.165) is 16.5 Å². The van der Waals surface area contributed by atoms with E-state index >= 15 is 0 Å². The maximum absolute atomic E-state index is 10.9. The molecule has 1 heterocycles. The van der Waals surface area contributed by atoms with Gasteiger partial charge in [-0.15, -0.1) is 0 Å². The fourth-order valence-corrected chi connectivity index (χ4v) is 1.96. The predicted octanol–water partition coefficient (Wildman–Crippen LogP) is 2.32. The van der Waals surface area contributed by atoms with Crippen LogP contribution in [-0.4, -0.2) is 23.9 Å². The van der Waals surface area contributed by atoms with Crippen LogP contribution in [0.25, 0.3) is 0 Å². The Morgan fingerprint density at radius 1 is 1.62 bits per heavy atom. The van der Waals surface area contributed by atoms with Crippen molar-refractivity contribution in [2.45, 2.75) is 26.3 Å². The van der Waals surface area contributed by atoms with E-state index in [-0.39, 0.29) is 5.97 Å². The van der Waals surface area contributed by atoms with Crippen molar-refractivity contribution >= 4 is 28.2 Å². The highest BCUT2D eigenvalue weighted by Gasteiger charge is 2.09. The van der Waals surface area contributed by atoms with Crippen LogP contribution in [0.2, 0.25) is 0 Å². The number of esters is 1. The van der Waals surface area contributed by atoms with Gasteiger partial charge in [-0.3, -0.25) is 9.59 Å². The van der Waals surface area contributed by atoms with Gasteiger partial charge in [0.2, 0.25) is 0 Å². The number of aromatic nitrogens is 1. The number of nitrogens with zero attached hydrogens (tertiary/aromatic N) is 1. The number of hydrogen-bond acceptors (Lipinski definition) is 3. The molecule has 0 atom stereocenters. The molecule has 0 fully saturated rings. The molecule has 0 N–H and O–H groups in total. The van der Waals surface area contributed by atoms with Crippen LogP contribution in [0.15, 0.2) is 10.5 Å². The van der Waals surface area contributed by atoms with Gasteiger partial charge in [0.15, 0.2) is 6.29 Å². The molecule has 0 aliphatic heterocycles. The van der Waals surface area contributed by atoms with Gasteiger partial charge in [0.25, 0.3) is 0 Å². The van der Waals surface area contributed by atoms with Crippen LogP contribution in [0.5, 0.6) is 0 Å². The lowest BCUT2D eigenvalue weighted by Crippen LogP contribution is -2.07. The molecule has 1 rings (SSSR count). The predicted molar refractivity (Wildman–Crippen MR) is 63.5 cm³/mol. The zero-order chi connectivity index (χ0) is 12.1. The van der Waals surface area contributed by atoms with Crippen molar-refractivity contribution in [3.8, 4) is 0 Å². The summed E-state index contributed by atoms with van der Waals surface area (Å²) in [4.78, 5) is 21.7. The van der Waals surface area contributed by atoms with Crippen molar-refractivity contribution in [2.75, 3.05) is 7.11 Å². The Morgan fingerprint density at radius 2 is 2.31 bits per heavy atom. The minimum absolute atomic E-state index is 0.225. The molecule has 0 saturated carbocycles. The number of rotatable bonds is 5. The number of hydrogen-bond donors (Lipinski definition) is 0. The van der Waals surface area contributed by atoms with Gasteiger partial charge in [-0.2, -0.15) is 0 Å². The Balaban J connectivity index is 2.66. The number of aldehydes is 1. The molecule has 0 bridgehead atoms. The van der Waals surface area contributed by atoms with Crippen LogP contribution in [0.4, 0.5) is 0 Å². The van der Waals surface area contributed by atoms with E-state index in [1.165, 1.54) is 7.11 Å². The monoisotopic (exact) mass is 287 g/mol. The second-order valence-electron chi connectivity index (χ2n) is 3.45. The van der Waals surface area contributed by atoms with E-state index in [4.69, 9.17) is 0 Å². The van der Waals surface area contributed by atoms with Gasteiger partial charge in [0.1, 0.15) is 0 Å². The standard InChI is InChI=1S/C11H14BrNO3/c1-8-10(12)6-9(7-14)13(8)5-3-4-11(15)16-2/h6-7H,3-5H2,1-2H3.